The van der Waals surface area contributed by atoms with Gasteiger partial charge in [0.2, 0.25) is 0 Å². The standard InChI is InChI=1S/C10H13N2O3P/c11-5-4-7-6-12-8-2-1-3-9(10(7)8)16(13,14)15/h1-3,6,12H,4-5,11H2,(H2,13,14,15). The van der Waals surface area contributed by atoms with E-state index in [1.54, 1.807) is 18.3 Å². The minimum Gasteiger partial charge on any atom is -0.361 e. The number of hydrogen-bond donors (Lipinski definition) is 4. The summed E-state index contributed by atoms with van der Waals surface area (Å²) in [5, 5.41) is 0.663. The highest BCUT2D eigenvalue weighted by Crippen LogP contribution is 2.37. The smallest absolute Gasteiger partial charge is 0.356 e. The van der Waals surface area contributed by atoms with Crippen LogP contribution in [0, 0.1) is 0 Å². The van der Waals surface area contributed by atoms with Crippen LogP contribution in [-0.4, -0.2) is 21.3 Å². The van der Waals surface area contributed by atoms with Crippen molar-refractivity contribution in [2.24, 2.45) is 5.73 Å². The molecule has 0 amide bonds. The van der Waals surface area contributed by atoms with Crippen LogP contribution in [-0.2, 0) is 11.0 Å². The first-order valence-electron chi connectivity index (χ1n) is 4.89. The molecular formula is C10H13N2O3P. The maximum absolute atomic E-state index is 11.4. The fourth-order valence-corrected chi connectivity index (χ4v) is 2.67. The second kappa shape index (κ2) is 4.03. The quantitative estimate of drug-likeness (QED) is 0.586. The highest BCUT2D eigenvalue weighted by Gasteiger charge is 2.22. The number of rotatable bonds is 3. The van der Waals surface area contributed by atoms with E-state index in [2.05, 4.69) is 4.98 Å². The molecule has 6 heteroatoms. The van der Waals surface area contributed by atoms with Crippen molar-refractivity contribution >= 4 is 23.8 Å². The molecule has 5 nitrogen and oxygen atoms in total. The molecule has 0 radical (unpaired) electrons. The maximum Gasteiger partial charge on any atom is 0.356 e. The van der Waals surface area contributed by atoms with Crippen LogP contribution in [0.2, 0.25) is 0 Å². The topological polar surface area (TPSA) is 99.3 Å². The van der Waals surface area contributed by atoms with Gasteiger partial charge < -0.3 is 20.5 Å². The van der Waals surface area contributed by atoms with Crippen LogP contribution in [0.1, 0.15) is 5.56 Å². The Morgan fingerprint density at radius 3 is 2.75 bits per heavy atom. The molecule has 2 aromatic rings. The van der Waals surface area contributed by atoms with E-state index in [0.29, 0.717) is 18.4 Å². The summed E-state index contributed by atoms with van der Waals surface area (Å²) in [6.07, 6.45) is 2.34. The van der Waals surface area contributed by atoms with E-state index in [1.165, 1.54) is 6.07 Å². The number of nitrogens with one attached hydrogen (secondary N) is 1. The van der Waals surface area contributed by atoms with E-state index in [-0.39, 0.29) is 5.30 Å². The molecule has 0 bridgehead atoms. The summed E-state index contributed by atoms with van der Waals surface area (Å²) in [4.78, 5) is 21.5. The number of hydrogen-bond acceptors (Lipinski definition) is 2. The summed E-state index contributed by atoms with van der Waals surface area (Å²) >= 11 is 0. The first-order chi connectivity index (χ1) is 7.54. The predicted molar refractivity (Wildman–Crippen MR) is 62.7 cm³/mol. The molecule has 1 heterocycles. The average Bonchev–Trinajstić information content (AvgIpc) is 2.61. The fourth-order valence-electron chi connectivity index (χ4n) is 1.83. The molecule has 5 N–H and O–H groups in total. The molecule has 0 aliphatic rings. The van der Waals surface area contributed by atoms with Gasteiger partial charge in [0.15, 0.2) is 0 Å². The van der Waals surface area contributed by atoms with Gasteiger partial charge in [-0.1, -0.05) is 6.07 Å². The second-order valence-corrected chi connectivity index (χ2v) is 5.17. The lowest BCUT2D eigenvalue weighted by Crippen LogP contribution is -2.08. The molecule has 1 aromatic carbocycles. The SMILES string of the molecule is NCCc1c[nH]c2cccc(P(=O)(O)O)c12. The summed E-state index contributed by atoms with van der Waals surface area (Å²) in [5.74, 6) is 0. The van der Waals surface area contributed by atoms with Crippen LogP contribution in [0.3, 0.4) is 0 Å². The third-order valence-corrected chi connectivity index (χ3v) is 3.49. The van der Waals surface area contributed by atoms with Gasteiger partial charge in [0.1, 0.15) is 0 Å². The van der Waals surface area contributed by atoms with E-state index >= 15 is 0 Å². The van der Waals surface area contributed by atoms with Crippen molar-refractivity contribution in [2.75, 3.05) is 6.54 Å². The van der Waals surface area contributed by atoms with Crippen LogP contribution in [0.5, 0.6) is 0 Å². The van der Waals surface area contributed by atoms with Gasteiger partial charge in [0, 0.05) is 17.1 Å². The fraction of sp³-hybridized carbons (Fsp3) is 0.200. The Balaban J connectivity index is 2.73. The van der Waals surface area contributed by atoms with Crippen LogP contribution < -0.4 is 11.0 Å². The molecule has 16 heavy (non-hydrogen) atoms. The molecular weight excluding hydrogens is 227 g/mol. The van der Waals surface area contributed by atoms with Crippen molar-refractivity contribution in [2.45, 2.75) is 6.42 Å². The molecule has 0 aliphatic heterocycles. The molecule has 0 saturated carbocycles. The Labute approximate surface area is 92.4 Å². The second-order valence-electron chi connectivity index (χ2n) is 3.60. The van der Waals surface area contributed by atoms with Crippen LogP contribution >= 0.6 is 7.60 Å². The van der Waals surface area contributed by atoms with Crippen molar-refractivity contribution in [3.8, 4) is 0 Å². The first-order valence-corrected chi connectivity index (χ1v) is 6.50. The van der Waals surface area contributed by atoms with E-state index in [0.717, 1.165) is 11.1 Å². The Bertz CT molecular complexity index is 558. The molecule has 0 fully saturated rings. The Morgan fingerprint density at radius 1 is 1.38 bits per heavy atom. The molecule has 0 unspecified atom stereocenters. The van der Waals surface area contributed by atoms with Gasteiger partial charge in [-0.25, -0.2) is 0 Å². The van der Waals surface area contributed by atoms with E-state index in [9.17, 15) is 14.4 Å². The molecule has 0 aliphatic carbocycles. The van der Waals surface area contributed by atoms with Crippen molar-refractivity contribution < 1.29 is 14.4 Å². The first kappa shape index (κ1) is 11.4. The Morgan fingerprint density at radius 2 is 2.12 bits per heavy atom. The number of nitrogens with two attached hydrogens (primary N) is 1. The van der Waals surface area contributed by atoms with Gasteiger partial charge in [-0.15, -0.1) is 0 Å². The molecule has 1 aromatic heterocycles. The molecule has 0 saturated heterocycles. The van der Waals surface area contributed by atoms with Crippen molar-refractivity contribution in [3.05, 3.63) is 30.0 Å². The average molecular weight is 240 g/mol. The largest absolute Gasteiger partial charge is 0.361 e. The number of fused-ring (bicyclic) bond motifs is 1. The Hall–Kier alpha value is -1.13. The number of aromatic amines is 1. The lowest BCUT2D eigenvalue weighted by Gasteiger charge is -2.07. The number of H-pyrrole nitrogens is 1. The maximum atomic E-state index is 11.4. The molecule has 86 valence electrons. The highest BCUT2D eigenvalue weighted by molar-refractivity contribution is 7.60. The van der Waals surface area contributed by atoms with Crippen LogP contribution in [0.4, 0.5) is 0 Å². The lowest BCUT2D eigenvalue weighted by atomic mass is 10.1. The van der Waals surface area contributed by atoms with Crippen LogP contribution in [0.15, 0.2) is 24.4 Å². The summed E-state index contributed by atoms with van der Waals surface area (Å²) < 4.78 is 11.4. The minimum atomic E-state index is -4.24. The predicted octanol–water partition coefficient (Wildman–Crippen LogP) is 0.472. The zero-order valence-electron chi connectivity index (χ0n) is 8.55. The lowest BCUT2D eigenvalue weighted by molar-refractivity contribution is 0.387. The molecule has 0 atom stereocenters. The summed E-state index contributed by atoms with van der Waals surface area (Å²) in [7, 11) is -4.24. The molecule has 2 rings (SSSR count). The van der Waals surface area contributed by atoms with Gasteiger partial charge in [-0.3, -0.25) is 4.57 Å². The summed E-state index contributed by atoms with van der Waals surface area (Å²) in [5.41, 5.74) is 7.03. The van der Waals surface area contributed by atoms with Gasteiger partial charge >= 0.3 is 7.60 Å². The zero-order chi connectivity index (χ0) is 11.8. The monoisotopic (exact) mass is 240 g/mol. The summed E-state index contributed by atoms with van der Waals surface area (Å²) in [6.45, 7) is 0.447. The van der Waals surface area contributed by atoms with E-state index in [1.807, 2.05) is 0 Å². The van der Waals surface area contributed by atoms with Crippen LogP contribution in [0.25, 0.3) is 10.9 Å². The van der Waals surface area contributed by atoms with Gasteiger partial charge in [-0.05, 0) is 30.7 Å². The van der Waals surface area contributed by atoms with Crippen molar-refractivity contribution in [1.82, 2.24) is 4.98 Å². The Kier molecular flexibility index (Phi) is 2.86. The third kappa shape index (κ3) is 1.90. The number of benzene rings is 1. The van der Waals surface area contributed by atoms with E-state index < -0.39 is 7.60 Å². The minimum absolute atomic E-state index is 0.0645. The van der Waals surface area contributed by atoms with Crippen molar-refractivity contribution in [1.29, 1.82) is 0 Å². The summed E-state index contributed by atoms with van der Waals surface area (Å²) in [6, 6.07) is 4.87. The molecule has 0 spiro atoms. The van der Waals surface area contributed by atoms with Gasteiger partial charge in [-0.2, -0.15) is 0 Å². The normalized spacial score (nSPS) is 12.2. The highest BCUT2D eigenvalue weighted by atomic mass is 31.2. The zero-order valence-corrected chi connectivity index (χ0v) is 9.45. The third-order valence-electron chi connectivity index (χ3n) is 2.49. The number of aromatic nitrogens is 1. The van der Waals surface area contributed by atoms with E-state index in [4.69, 9.17) is 5.73 Å². The van der Waals surface area contributed by atoms with Crippen molar-refractivity contribution in [3.63, 3.8) is 0 Å². The van der Waals surface area contributed by atoms with Gasteiger partial charge in [0.25, 0.3) is 0 Å². The van der Waals surface area contributed by atoms with Gasteiger partial charge in [0.05, 0.1) is 5.30 Å².